The van der Waals surface area contributed by atoms with E-state index >= 15 is 8.78 Å². The predicted molar refractivity (Wildman–Crippen MR) is 159 cm³/mol. The third kappa shape index (κ3) is 6.25. The number of benzene rings is 1. The van der Waals surface area contributed by atoms with Crippen LogP contribution >= 0.6 is 11.9 Å². The summed E-state index contributed by atoms with van der Waals surface area (Å²) in [6.45, 7) is 15.4. The van der Waals surface area contributed by atoms with Gasteiger partial charge in [0, 0.05) is 56.1 Å². The van der Waals surface area contributed by atoms with Crippen LogP contribution in [0.5, 0.6) is 0 Å². The lowest BCUT2D eigenvalue weighted by molar-refractivity contribution is 0.262. The molecule has 3 rings (SSSR count). The average molecular weight is 548 g/mol. The zero-order chi connectivity index (χ0) is 28.4. The van der Waals surface area contributed by atoms with E-state index in [-0.39, 0.29) is 11.6 Å². The molecule has 2 heterocycles. The van der Waals surface area contributed by atoms with Gasteiger partial charge < -0.3 is 10.2 Å². The fourth-order valence-corrected chi connectivity index (χ4v) is 5.59. The molecule has 1 saturated heterocycles. The van der Waals surface area contributed by atoms with E-state index in [0.717, 1.165) is 24.4 Å². The van der Waals surface area contributed by atoms with Crippen LogP contribution < -0.4 is 15.8 Å². The smallest absolute Gasteiger partial charge is 0.259 e. The van der Waals surface area contributed by atoms with Crippen molar-refractivity contribution < 1.29 is 8.78 Å². The second-order valence-corrected chi connectivity index (χ2v) is 11.5. The number of anilines is 1. The molecule has 0 saturated carbocycles. The summed E-state index contributed by atoms with van der Waals surface area (Å²) < 4.78 is 35.4. The van der Waals surface area contributed by atoms with E-state index < -0.39 is 11.5 Å². The van der Waals surface area contributed by atoms with Crippen LogP contribution in [0.2, 0.25) is 0 Å². The van der Waals surface area contributed by atoms with Crippen molar-refractivity contribution >= 4 is 34.2 Å². The molecule has 1 aromatic heterocycles. The Kier molecular flexibility index (Phi) is 9.68. The quantitative estimate of drug-likeness (QED) is 0.302. The number of hydrogen-bond acceptors (Lipinski definition) is 6. The van der Waals surface area contributed by atoms with Gasteiger partial charge in [-0.1, -0.05) is 31.9 Å². The Morgan fingerprint density at radius 3 is 2.34 bits per heavy atom. The van der Waals surface area contributed by atoms with Gasteiger partial charge in [-0.05, 0) is 70.9 Å². The largest absolute Gasteiger partial charge is 0.380 e. The molecule has 1 fully saturated rings. The lowest BCUT2D eigenvalue weighted by Gasteiger charge is -2.36. The Hall–Kier alpha value is -2.39. The first kappa shape index (κ1) is 30.2. The molecule has 2 aromatic rings. The molecule has 0 radical (unpaired) electrons. The molecule has 6 nitrogen and oxygen atoms in total. The van der Waals surface area contributed by atoms with E-state index in [4.69, 9.17) is 0 Å². The van der Waals surface area contributed by atoms with Crippen LogP contribution in [0.3, 0.4) is 0 Å². The minimum Gasteiger partial charge on any atom is -0.380 e. The van der Waals surface area contributed by atoms with E-state index in [2.05, 4.69) is 14.6 Å². The van der Waals surface area contributed by atoms with Gasteiger partial charge in [-0.2, -0.15) is 0 Å². The molecule has 0 amide bonds. The summed E-state index contributed by atoms with van der Waals surface area (Å²) in [6, 6.07) is 3.38. The van der Waals surface area contributed by atoms with Crippen LogP contribution in [-0.2, 0) is 13.5 Å². The first-order valence-electron chi connectivity index (χ1n) is 13.4. The number of rotatable bonds is 9. The number of alkyl halides is 1. The van der Waals surface area contributed by atoms with Gasteiger partial charge in [0.15, 0.2) is 5.82 Å². The molecule has 0 spiro atoms. The maximum atomic E-state index is 16.5. The van der Waals surface area contributed by atoms with Gasteiger partial charge in [0.1, 0.15) is 11.5 Å². The Morgan fingerprint density at radius 2 is 1.82 bits per heavy atom. The fourth-order valence-electron chi connectivity index (χ4n) is 5.06. The van der Waals surface area contributed by atoms with Crippen molar-refractivity contribution in [3.8, 4) is 0 Å². The lowest BCUT2D eigenvalue weighted by atomic mass is 9.95. The van der Waals surface area contributed by atoms with Crippen LogP contribution in [0.25, 0.3) is 10.8 Å². The predicted octanol–water partition coefficient (Wildman–Crippen LogP) is 6.14. The maximum Gasteiger partial charge on any atom is 0.259 e. The second kappa shape index (κ2) is 12.2. The summed E-state index contributed by atoms with van der Waals surface area (Å²) in [4.78, 5) is 20.1. The molecule has 0 bridgehead atoms. The van der Waals surface area contributed by atoms with Crippen LogP contribution in [0.1, 0.15) is 72.1 Å². The summed E-state index contributed by atoms with van der Waals surface area (Å²) >= 11 is 1.68. The van der Waals surface area contributed by atoms with Gasteiger partial charge in [-0.15, -0.1) is 0 Å². The number of aryl methyl sites for hydroxylation is 1. The van der Waals surface area contributed by atoms with Crippen LogP contribution in [-0.4, -0.2) is 52.7 Å². The van der Waals surface area contributed by atoms with E-state index in [1.807, 2.05) is 44.9 Å². The molecule has 38 heavy (non-hydrogen) atoms. The van der Waals surface area contributed by atoms with Crippen LogP contribution in [0, 0.1) is 5.82 Å². The average Bonchev–Trinajstić information content (AvgIpc) is 2.89. The van der Waals surface area contributed by atoms with E-state index in [1.165, 1.54) is 18.4 Å². The highest BCUT2D eigenvalue weighted by molar-refractivity contribution is 7.96. The van der Waals surface area contributed by atoms with Crippen molar-refractivity contribution in [2.45, 2.75) is 73.0 Å². The van der Waals surface area contributed by atoms with Crippen molar-refractivity contribution in [2.24, 2.45) is 12.0 Å². The molecule has 1 aliphatic rings. The van der Waals surface area contributed by atoms with E-state index in [9.17, 15) is 4.79 Å². The number of fused-ring (bicyclic) bond motifs is 1. The molecule has 1 atom stereocenters. The molecule has 1 aliphatic heterocycles. The molecule has 1 unspecified atom stereocenters. The Morgan fingerprint density at radius 1 is 1.18 bits per heavy atom. The standard InChI is InChI=1S/C29H43F2N5OS/c1-10-18(3)32-26(29(6,7)31)20(5)33-19(4)22-16-21(11-2)17-23-24(22)25(30)27(34(8)28(23)37)35-12-14-36(38-9)15-13-35/h16-17,19,33H,10-15H2,1-9H3/b26-20+,32-18?. The third-order valence-electron chi connectivity index (χ3n) is 7.33. The third-order valence-corrected chi connectivity index (χ3v) is 8.22. The SMILES string of the molecule is CCC(C)=N/C(=C(\C)NC(C)c1cc(CC)cc2c(=O)n(C)c(N3CCN(SC)CC3)c(F)c12)C(C)(C)F. The number of aromatic nitrogens is 1. The number of pyridine rings is 1. The monoisotopic (exact) mass is 547 g/mol. The van der Waals surface area contributed by atoms with E-state index in [1.54, 1.807) is 32.0 Å². The Labute approximate surface area is 230 Å². The van der Waals surface area contributed by atoms with Crippen molar-refractivity contribution in [1.29, 1.82) is 0 Å². The van der Waals surface area contributed by atoms with Gasteiger partial charge >= 0.3 is 0 Å². The topological polar surface area (TPSA) is 52.9 Å². The summed E-state index contributed by atoms with van der Waals surface area (Å²) in [5.74, 6) is -0.0690. The van der Waals surface area contributed by atoms with Crippen molar-refractivity contribution in [2.75, 3.05) is 37.3 Å². The Balaban J connectivity index is 2.19. The molecule has 9 heteroatoms. The van der Waals surface area contributed by atoms with Crippen LogP contribution in [0.15, 0.2) is 33.3 Å². The molecule has 1 aromatic carbocycles. The highest BCUT2D eigenvalue weighted by Gasteiger charge is 2.28. The summed E-state index contributed by atoms with van der Waals surface area (Å²) in [6.07, 6.45) is 3.46. The second-order valence-electron chi connectivity index (χ2n) is 10.6. The van der Waals surface area contributed by atoms with Crippen molar-refractivity contribution in [1.82, 2.24) is 14.2 Å². The molecular formula is C29H43F2N5OS. The lowest BCUT2D eigenvalue weighted by Crippen LogP contribution is -2.45. The first-order valence-corrected chi connectivity index (χ1v) is 14.6. The number of allylic oxidation sites excluding steroid dienone is 2. The zero-order valence-corrected chi connectivity index (χ0v) is 25.2. The molecular weight excluding hydrogens is 504 g/mol. The number of aliphatic imine (C=N–C) groups is 1. The minimum absolute atomic E-state index is 0.214. The number of halogens is 2. The summed E-state index contributed by atoms with van der Waals surface area (Å²) in [5, 5.41) is 4.08. The highest BCUT2D eigenvalue weighted by atomic mass is 32.2. The van der Waals surface area contributed by atoms with Crippen LogP contribution in [0.4, 0.5) is 14.6 Å². The van der Waals surface area contributed by atoms with Crippen molar-refractivity contribution in [3.63, 3.8) is 0 Å². The first-order chi connectivity index (χ1) is 17.8. The summed E-state index contributed by atoms with van der Waals surface area (Å²) in [5.41, 5.74) is 1.51. The number of piperazine rings is 1. The zero-order valence-electron chi connectivity index (χ0n) is 24.3. The maximum absolute atomic E-state index is 16.5. The fraction of sp³-hybridized carbons (Fsp3) is 0.586. The minimum atomic E-state index is -1.66. The van der Waals surface area contributed by atoms with Gasteiger partial charge in [-0.25, -0.2) is 13.1 Å². The normalized spacial score (nSPS) is 17.1. The highest BCUT2D eigenvalue weighted by Crippen LogP contribution is 2.34. The molecule has 210 valence electrons. The summed E-state index contributed by atoms with van der Waals surface area (Å²) in [7, 11) is 1.65. The molecule has 1 N–H and O–H groups in total. The van der Waals surface area contributed by atoms with Gasteiger partial charge in [0.25, 0.3) is 5.56 Å². The number of nitrogens with one attached hydrogen (secondary N) is 1. The van der Waals surface area contributed by atoms with Gasteiger partial charge in [0.05, 0.1) is 11.1 Å². The van der Waals surface area contributed by atoms with Gasteiger partial charge in [0.2, 0.25) is 0 Å². The number of hydrogen-bond donors (Lipinski definition) is 1. The number of nitrogens with zero attached hydrogens (tertiary/aromatic N) is 4. The van der Waals surface area contributed by atoms with Crippen molar-refractivity contribution in [3.05, 3.63) is 50.8 Å². The van der Waals surface area contributed by atoms with E-state index in [0.29, 0.717) is 59.5 Å². The van der Waals surface area contributed by atoms with Gasteiger partial charge in [-0.3, -0.25) is 14.4 Å². The molecule has 0 aliphatic carbocycles. The Bertz CT molecular complexity index is 1290.